The van der Waals surface area contributed by atoms with Gasteiger partial charge in [0.1, 0.15) is 5.60 Å². The molecule has 36 heavy (non-hydrogen) atoms. The summed E-state index contributed by atoms with van der Waals surface area (Å²) in [7, 11) is 0. The number of ketones is 2. The van der Waals surface area contributed by atoms with Crippen LogP contribution in [0.5, 0.6) is 0 Å². The monoisotopic (exact) mass is 556 g/mol. The summed E-state index contributed by atoms with van der Waals surface area (Å²) in [5.74, 6) is -1.61. The summed E-state index contributed by atoms with van der Waals surface area (Å²) in [6.45, 7) is 5.32. The van der Waals surface area contributed by atoms with Crippen LogP contribution >= 0.6 is 15.9 Å². The van der Waals surface area contributed by atoms with E-state index < -0.39 is 45.2 Å². The largest absolute Gasteiger partial charge is 0.454 e. The molecular weight excluding hydrogens is 524 g/mol. The number of halogens is 1. The third-order valence-electron chi connectivity index (χ3n) is 9.99. The molecule has 0 amide bonds. The Morgan fingerprint density at radius 1 is 1.17 bits per heavy atom. The molecule has 1 aromatic carbocycles. The predicted molar refractivity (Wildman–Crippen MR) is 137 cm³/mol. The highest BCUT2D eigenvalue weighted by atomic mass is 79.9. The number of ether oxygens (including phenoxy) is 1. The number of carbonyl (C=O) groups is 3. The lowest BCUT2D eigenvalue weighted by Crippen LogP contribution is -2.68. The second-order valence-electron chi connectivity index (χ2n) is 11.5. The van der Waals surface area contributed by atoms with Crippen molar-refractivity contribution in [2.24, 2.45) is 28.6 Å². The first-order valence-corrected chi connectivity index (χ1v) is 13.5. The molecule has 0 saturated heterocycles. The summed E-state index contributed by atoms with van der Waals surface area (Å²) in [4.78, 5) is 38.1. The number of aliphatic hydroxyl groups is 2. The first-order valence-electron chi connectivity index (χ1n) is 12.7. The zero-order chi connectivity index (χ0) is 26.1. The summed E-state index contributed by atoms with van der Waals surface area (Å²) < 4.78 is 4.60. The molecule has 5 rings (SSSR count). The molecule has 3 fully saturated rings. The average Bonchev–Trinajstić information content (AvgIpc) is 3.05. The molecule has 7 heteroatoms. The van der Waals surface area contributed by atoms with Crippen LogP contribution in [-0.2, 0) is 14.3 Å². The lowest BCUT2D eigenvalue weighted by atomic mass is 9.46. The highest BCUT2D eigenvalue weighted by Gasteiger charge is 2.74. The minimum Gasteiger partial charge on any atom is -0.454 e. The van der Waals surface area contributed by atoms with Crippen LogP contribution in [0.3, 0.4) is 0 Å². The lowest BCUT2D eigenvalue weighted by molar-refractivity contribution is -0.178. The maximum absolute atomic E-state index is 13.6. The third-order valence-corrected chi connectivity index (χ3v) is 11.9. The molecule has 2 unspecified atom stereocenters. The normalized spacial score (nSPS) is 43.2. The van der Waals surface area contributed by atoms with Gasteiger partial charge in [-0.2, -0.15) is 0 Å². The summed E-state index contributed by atoms with van der Waals surface area (Å²) >= 11 is 4.00. The van der Waals surface area contributed by atoms with Crippen LogP contribution in [0.15, 0.2) is 54.1 Å². The van der Waals surface area contributed by atoms with E-state index in [1.165, 1.54) is 0 Å². The van der Waals surface area contributed by atoms with Crippen LogP contribution in [-0.4, -0.2) is 50.4 Å². The van der Waals surface area contributed by atoms with Crippen molar-refractivity contribution < 1.29 is 29.3 Å². The summed E-state index contributed by atoms with van der Waals surface area (Å²) in [5, 5.41) is 23.8. The Hall–Kier alpha value is -2.09. The number of aliphatic hydroxyl groups excluding tert-OH is 1. The molecule has 8 atom stereocenters. The predicted octanol–water partition coefficient (Wildman–Crippen LogP) is 4.19. The molecule has 192 valence electrons. The van der Waals surface area contributed by atoms with E-state index in [1.54, 1.807) is 42.5 Å². The number of allylic oxidation sites excluding steroid dienone is 4. The number of carbonyl (C=O) groups excluding carboxylic acids is 3. The number of alkyl halides is 1. The number of Topliss-reactive ketones (excluding diaryl/α,β-unsaturated/α-hetero) is 1. The Bertz CT molecular complexity index is 1180. The van der Waals surface area contributed by atoms with E-state index in [9.17, 15) is 24.6 Å². The van der Waals surface area contributed by atoms with E-state index in [-0.39, 0.29) is 30.0 Å². The second kappa shape index (κ2) is 8.47. The molecular formula is C29H33BrO6. The minimum absolute atomic E-state index is 0.0256. The molecule has 1 aromatic rings. The van der Waals surface area contributed by atoms with Crippen molar-refractivity contribution in [2.75, 3.05) is 6.61 Å². The molecule has 4 aliphatic carbocycles. The van der Waals surface area contributed by atoms with Crippen LogP contribution in [0.2, 0.25) is 0 Å². The van der Waals surface area contributed by atoms with Gasteiger partial charge in [-0.25, -0.2) is 4.79 Å². The van der Waals surface area contributed by atoms with Gasteiger partial charge in [-0.15, -0.1) is 0 Å². The number of hydrogen-bond acceptors (Lipinski definition) is 6. The smallest absolute Gasteiger partial charge is 0.338 e. The van der Waals surface area contributed by atoms with Gasteiger partial charge >= 0.3 is 5.97 Å². The third kappa shape index (κ3) is 3.25. The highest BCUT2D eigenvalue weighted by Crippen LogP contribution is 2.71. The fourth-order valence-corrected chi connectivity index (χ4v) is 9.14. The van der Waals surface area contributed by atoms with Crippen molar-refractivity contribution >= 4 is 33.5 Å². The van der Waals surface area contributed by atoms with Crippen molar-refractivity contribution in [3.8, 4) is 0 Å². The van der Waals surface area contributed by atoms with Gasteiger partial charge in [0.05, 0.1) is 16.0 Å². The first kappa shape index (κ1) is 25.6. The Balaban J connectivity index is 1.44. The molecule has 3 saturated carbocycles. The van der Waals surface area contributed by atoms with Gasteiger partial charge in [-0.05, 0) is 67.7 Å². The lowest BCUT2D eigenvalue weighted by Gasteiger charge is -2.64. The van der Waals surface area contributed by atoms with Gasteiger partial charge in [-0.1, -0.05) is 66.5 Å². The molecule has 0 bridgehead atoms. The number of benzene rings is 1. The minimum atomic E-state index is -1.74. The Kier molecular flexibility index (Phi) is 6.01. The summed E-state index contributed by atoms with van der Waals surface area (Å²) in [5.41, 5.74) is -1.83. The standard InChI is InChI=1S/C29H33BrO6/c1-17-13-22-21-10-9-19-14-20(31)11-12-26(19,2)28(21,30)23(32)15-27(22,3)29(17,35)24(33)16-36-25(34)18-7-5-4-6-8-18/h4-8,11-12,14,17,21-23,32,35H,9-10,13,15-16H2,1-3H3/t17?,21-,22-,23?,26-,27-,28-,29-/m0/s1. The van der Waals surface area contributed by atoms with Crippen LogP contribution < -0.4 is 0 Å². The van der Waals surface area contributed by atoms with Crippen molar-refractivity contribution in [1.29, 1.82) is 0 Å². The van der Waals surface area contributed by atoms with Gasteiger partial charge in [0.15, 0.2) is 12.4 Å². The fraction of sp³-hybridized carbons (Fsp3) is 0.552. The molecule has 4 aliphatic rings. The molecule has 6 nitrogen and oxygen atoms in total. The summed E-state index contributed by atoms with van der Waals surface area (Å²) in [6.07, 6.45) is 6.61. The highest BCUT2D eigenvalue weighted by molar-refractivity contribution is 9.10. The molecule has 0 aromatic heterocycles. The summed E-state index contributed by atoms with van der Waals surface area (Å²) in [6, 6.07) is 8.45. The maximum atomic E-state index is 13.6. The van der Waals surface area contributed by atoms with Crippen LogP contribution in [0.4, 0.5) is 0 Å². The van der Waals surface area contributed by atoms with Crippen LogP contribution in [0.1, 0.15) is 56.8 Å². The molecule has 0 heterocycles. The zero-order valence-electron chi connectivity index (χ0n) is 20.9. The second-order valence-corrected chi connectivity index (χ2v) is 12.8. The Morgan fingerprint density at radius 2 is 1.86 bits per heavy atom. The maximum Gasteiger partial charge on any atom is 0.338 e. The van der Waals surface area contributed by atoms with E-state index in [2.05, 4.69) is 22.9 Å². The van der Waals surface area contributed by atoms with Crippen molar-refractivity contribution in [1.82, 2.24) is 0 Å². The fourth-order valence-electron chi connectivity index (χ4n) is 8.04. The van der Waals surface area contributed by atoms with E-state index in [0.29, 0.717) is 12.0 Å². The van der Waals surface area contributed by atoms with Gasteiger partial charge in [0.2, 0.25) is 5.78 Å². The van der Waals surface area contributed by atoms with Crippen molar-refractivity contribution in [3.05, 3.63) is 59.7 Å². The van der Waals surface area contributed by atoms with E-state index in [0.717, 1.165) is 18.4 Å². The Morgan fingerprint density at radius 3 is 2.56 bits per heavy atom. The van der Waals surface area contributed by atoms with E-state index in [1.807, 2.05) is 19.9 Å². The average molecular weight is 557 g/mol. The van der Waals surface area contributed by atoms with E-state index >= 15 is 0 Å². The van der Waals surface area contributed by atoms with Gasteiger partial charge in [-0.3, -0.25) is 9.59 Å². The van der Waals surface area contributed by atoms with Crippen molar-refractivity contribution in [2.45, 2.75) is 62.5 Å². The SMILES string of the molecule is CC1C[C@H]2[C@@H]3CCC4=CC(=O)C=C[C@]4(C)[C@@]3(Br)C(O)C[C@]2(C)[C@@]1(O)C(=O)COC(=O)c1ccccc1. The number of hydrogen-bond donors (Lipinski definition) is 2. The topological polar surface area (TPSA) is 101 Å². The van der Waals surface area contributed by atoms with Gasteiger partial charge in [0, 0.05) is 10.8 Å². The number of esters is 1. The van der Waals surface area contributed by atoms with Gasteiger partial charge < -0.3 is 14.9 Å². The molecule has 0 aliphatic heterocycles. The molecule has 0 radical (unpaired) electrons. The number of rotatable bonds is 4. The van der Waals surface area contributed by atoms with Crippen molar-refractivity contribution in [3.63, 3.8) is 0 Å². The quantitative estimate of drug-likeness (QED) is 0.426. The molecule has 0 spiro atoms. The van der Waals surface area contributed by atoms with Crippen LogP contribution in [0, 0.1) is 28.6 Å². The van der Waals surface area contributed by atoms with E-state index in [4.69, 9.17) is 4.74 Å². The molecule has 2 N–H and O–H groups in total. The zero-order valence-corrected chi connectivity index (χ0v) is 22.5. The Labute approximate surface area is 219 Å². The van der Waals surface area contributed by atoms with Crippen LogP contribution in [0.25, 0.3) is 0 Å². The first-order chi connectivity index (χ1) is 16.9. The van der Waals surface area contributed by atoms with Gasteiger partial charge in [0.25, 0.3) is 0 Å². The number of fused-ring (bicyclic) bond motifs is 5.